The molecule has 2 rings (SSSR count). The van der Waals surface area contributed by atoms with Gasteiger partial charge >= 0.3 is 5.97 Å². The first-order chi connectivity index (χ1) is 7.67. The van der Waals surface area contributed by atoms with Crippen molar-refractivity contribution in [2.24, 2.45) is 5.92 Å². The molecule has 1 aliphatic carbocycles. The van der Waals surface area contributed by atoms with Gasteiger partial charge in [0.2, 0.25) is 0 Å². The number of ketones is 1. The minimum atomic E-state index is -0.717. The lowest BCUT2D eigenvalue weighted by atomic mass is 9.83. The largest absolute Gasteiger partial charge is 0.465 e. The van der Waals surface area contributed by atoms with Crippen LogP contribution in [0, 0.1) is 5.92 Å². The van der Waals surface area contributed by atoms with E-state index in [-0.39, 0.29) is 12.4 Å². The average Bonchev–Trinajstić information content (AvgIpc) is 2.71. The second-order valence-electron chi connectivity index (χ2n) is 4.08. The highest BCUT2D eigenvalue weighted by Crippen LogP contribution is 2.37. The Kier molecular flexibility index (Phi) is 3.25. The number of ether oxygens (including phenoxy) is 3. The van der Waals surface area contributed by atoms with Gasteiger partial charge in [0.05, 0.1) is 19.8 Å². The number of esters is 1. The molecule has 1 heterocycles. The molecular weight excluding hydrogens is 212 g/mol. The molecule has 1 spiro atoms. The Morgan fingerprint density at radius 3 is 2.81 bits per heavy atom. The van der Waals surface area contributed by atoms with Crippen molar-refractivity contribution in [3.8, 4) is 0 Å². The molecule has 5 nitrogen and oxygen atoms in total. The van der Waals surface area contributed by atoms with Gasteiger partial charge in [0, 0.05) is 19.3 Å². The van der Waals surface area contributed by atoms with Gasteiger partial charge in [0.15, 0.2) is 5.79 Å². The molecule has 1 saturated heterocycles. The Balaban J connectivity index is 2.05. The molecule has 0 bridgehead atoms. The molecule has 90 valence electrons. The number of carbonyl (C=O) groups excluding carboxylic acids is 2. The van der Waals surface area contributed by atoms with Crippen LogP contribution in [0.2, 0.25) is 0 Å². The Morgan fingerprint density at radius 2 is 2.19 bits per heavy atom. The van der Waals surface area contributed by atoms with Gasteiger partial charge in [-0.15, -0.1) is 0 Å². The fourth-order valence-electron chi connectivity index (χ4n) is 2.23. The fraction of sp³-hybridized carbons (Fsp3) is 0.818. The van der Waals surface area contributed by atoms with Crippen molar-refractivity contribution in [1.82, 2.24) is 0 Å². The number of rotatable bonds is 2. The molecule has 1 atom stereocenters. The van der Waals surface area contributed by atoms with E-state index in [1.165, 1.54) is 0 Å². The lowest BCUT2D eigenvalue weighted by Gasteiger charge is -2.34. The maximum absolute atomic E-state index is 11.6. The zero-order chi connectivity index (χ0) is 11.6. The van der Waals surface area contributed by atoms with Crippen molar-refractivity contribution in [3.05, 3.63) is 0 Å². The predicted molar refractivity (Wildman–Crippen MR) is 53.6 cm³/mol. The van der Waals surface area contributed by atoms with Crippen LogP contribution in [0.5, 0.6) is 0 Å². The van der Waals surface area contributed by atoms with E-state index in [9.17, 15) is 9.59 Å². The Hall–Kier alpha value is -0.940. The first-order valence-corrected chi connectivity index (χ1v) is 5.64. The molecular formula is C11H16O5. The van der Waals surface area contributed by atoms with Crippen LogP contribution in [0.4, 0.5) is 0 Å². The Labute approximate surface area is 94.0 Å². The van der Waals surface area contributed by atoms with Crippen LogP contribution in [0.3, 0.4) is 0 Å². The van der Waals surface area contributed by atoms with E-state index in [1.807, 2.05) is 0 Å². The number of hydrogen-bond acceptors (Lipinski definition) is 5. The van der Waals surface area contributed by atoms with Crippen LogP contribution in [-0.4, -0.2) is 37.4 Å². The van der Waals surface area contributed by atoms with Crippen LogP contribution >= 0.6 is 0 Å². The molecule has 0 unspecified atom stereocenters. The summed E-state index contributed by atoms with van der Waals surface area (Å²) in [5.74, 6) is -1.95. The number of carbonyl (C=O) groups is 2. The third-order valence-corrected chi connectivity index (χ3v) is 3.04. The van der Waals surface area contributed by atoms with Gasteiger partial charge in [-0.2, -0.15) is 0 Å². The average molecular weight is 228 g/mol. The summed E-state index contributed by atoms with van der Waals surface area (Å²) in [6.45, 7) is 3.08. The van der Waals surface area contributed by atoms with Gasteiger partial charge in [-0.1, -0.05) is 0 Å². The van der Waals surface area contributed by atoms with Crippen molar-refractivity contribution >= 4 is 11.8 Å². The van der Waals surface area contributed by atoms with E-state index in [0.717, 1.165) is 0 Å². The molecule has 1 aliphatic heterocycles. The van der Waals surface area contributed by atoms with Gasteiger partial charge in [-0.3, -0.25) is 9.59 Å². The smallest absolute Gasteiger partial charge is 0.316 e. The first kappa shape index (κ1) is 11.5. The summed E-state index contributed by atoms with van der Waals surface area (Å²) < 4.78 is 15.9. The molecule has 0 aromatic rings. The first-order valence-electron chi connectivity index (χ1n) is 5.64. The van der Waals surface area contributed by atoms with Gasteiger partial charge in [-0.25, -0.2) is 0 Å². The van der Waals surface area contributed by atoms with E-state index in [2.05, 4.69) is 0 Å². The third-order valence-electron chi connectivity index (χ3n) is 3.04. The van der Waals surface area contributed by atoms with E-state index in [1.54, 1.807) is 6.92 Å². The summed E-state index contributed by atoms with van der Waals surface area (Å²) in [6.07, 6.45) is 1.16. The summed E-state index contributed by atoms with van der Waals surface area (Å²) >= 11 is 0. The fourth-order valence-corrected chi connectivity index (χ4v) is 2.23. The monoisotopic (exact) mass is 228 g/mol. The highest BCUT2D eigenvalue weighted by Gasteiger charge is 2.47. The lowest BCUT2D eigenvalue weighted by molar-refractivity contribution is -0.195. The maximum Gasteiger partial charge on any atom is 0.316 e. The normalized spacial score (nSPS) is 28.3. The topological polar surface area (TPSA) is 61.8 Å². The maximum atomic E-state index is 11.6. The summed E-state index contributed by atoms with van der Waals surface area (Å²) in [7, 11) is 0. The molecule has 0 N–H and O–H groups in total. The van der Waals surface area contributed by atoms with Crippen LogP contribution < -0.4 is 0 Å². The zero-order valence-electron chi connectivity index (χ0n) is 9.36. The Bertz CT molecular complexity index is 293. The number of Topliss-reactive ketones (excluding diaryl/α,β-unsaturated/α-hetero) is 1. The third kappa shape index (κ3) is 2.10. The molecule has 0 aromatic carbocycles. The molecule has 0 amide bonds. The van der Waals surface area contributed by atoms with Crippen LogP contribution in [-0.2, 0) is 23.8 Å². The van der Waals surface area contributed by atoms with Gasteiger partial charge < -0.3 is 14.2 Å². The second kappa shape index (κ2) is 4.51. The predicted octanol–water partition coefficient (Wildman–Crippen LogP) is 0.662. The van der Waals surface area contributed by atoms with E-state index in [0.29, 0.717) is 32.5 Å². The van der Waals surface area contributed by atoms with Gasteiger partial charge in [0.1, 0.15) is 11.7 Å². The Morgan fingerprint density at radius 1 is 1.50 bits per heavy atom. The molecule has 5 heteroatoms. The standard InChI is InChI=1S/C11H16O5/c1-2-14-10(13)8-7-11(4-3-9(8)12)15-5-6-16-11/h8H,2-7H2,1H3/t8-/m0/s1. The van der Waals surface area contributed by atoms with Crippen LogP contribution in [0.1, 0.15) is 26.2 Å². The quantitative estimate of drug-likeness (QED) is 0.513. The highest BCUT2D eigenvalue weighted by atomic mass is 16.7. The van der Waals surface area contributed by atoms with Gasteiger partial charge in [0.25, 0.3) is 0 Å². The number of hydrogen-bond donors (Lipinski definition) is 0. The summed E-state index contributed by atoms with van der Waals surface area (Å²) in [5, 5.41) is 0. The van der Waals surface area contributed by atoms with Gasteiger partial charge in [-0.05, 0) is 6.92 Å². The van der Waals surface area contributed by atoms with E-state index < -0.39 is 17.7 Å². The van der Waals surface area contributed by atoms with Crippen molar-refractivity contribution in [2.45, 2.75) is 32.0 Å². The van der Waals surface area contributed by atoms with E-state index >= 15 is 0 Å². The molecule has 0 radical (unpaired) electrons. The van der Waals surface area contributed by atoms with Crippen molar-refractivity contribution < 1.29 is 23.8 Å². The molecule has 2 fully saturated rings. The summed E-state index contributed by atoms with van der Waals surface area (Å²) in [6, 6.07) is 0. The van der Waals surface area contributed by atoms with Crippen molar-refractivity contribution in [3.63, 3.8) is 0 Å². The van der Waals surface area contributed by atoms with Crippen molar-refractivity contribution in [1.29, 1.82) is 0 Å². The lowest BCUT2D eigenvalue weighted by Crippen LogP contribution is -2.43. The van der Waals surface area contributed by atoms with E-state index in [4.69, 9.17) is 14.2 Å². The van der Waals surface area contributed by atoms with Crippen LogP contribution in [0.25, 0.3) is 0 Å². The van der Waals surface area contributed by atoms with Crippen LogP contribution in [0.15, 0.2) is 0 Å². The van der Waals surface area contributed by atoms with Crippen molar-refractivity contribution in [2.75, 3.05) is 19.8 Å². The SMILES string of the molecule is CCOC(=O)[C@H]1CC2(CCC1=O)OCCO2. The highest BCUT2D eigenvalue weighted by molar-refractivity contribution is 5.99. The molecule has 2 aliphatic rings. The molecule has 0 aromatic heterocycles. The summed E-state index contributed by atoms with van der Waals surface area (Å²) in [4.78, 5) is 23.2. The molecule has 1 saturated carbocycles. The zero-order valence-corrected chi connectivity index (χ0v) is 9.36. The molecule has 16 heavy (non-hydrogen) atoms. The minimum Gasteiger partial charge on any atom is -0.465 e. The second-order valence-corrected chi connectivity index (χ2v) is 4.08. The minimum absolute atomic E-state index is 0.0665. The summed E-state index contributed by atoms with van der Waals surface area (Å²) in [5.41, 5.74) is 0.